The van der Waals surface area contributed by atoms with Gasteiger partial charge in [-0.15, -0.1) is 0 Å². The third kappa shape index (κ3) is 1.91. The van der Waals surface area contributed by atoms with Crippen LogP contribution in [0.15, 0.2) is 71.2 Å². The summed E-state index contributed by atoms with van der Waals surface area (Å²) in [5.74, 6) is 1.34. The van der Waals surface area contributed by atoms with Gasteiger partial charge < -0.3 is 5.73 Å². The maximum Gasteiger partial charge on any atom is 0.216 e. The van der Waals surface area contributed by atoms with Gasteiger partial charge in [0.1, 0.15) is 5.82 Å². The van der Waals surface area contributed by atoms with E-state index < -0.39 is 0 Å². The van der Waals surface area contributed by atoms with Gasteiger partial charge in [0.15, 0.2) is 11.7 Å². The average molecular weight is 296 g/mol. The van der Waals surface area contributed by atoms with E-state index in [4.69, 9.17) is 5.73 Å². The number of fused-ring (bicyclic) bond motifs is 1. The molecule has 0 atom stereocenters. The highest BCUT2D eigenvalue weighted by molar-refractivity contribution is 6.00. The Bertz CT molecular complexity index is 768. The molecule has 2 aliphatic rings. The Kier molecular flexibility index (Phi) is 2.65. The number of anilines is 1. The molecule has 0 saturated heterocycles. The van der Waals surface area contributed by atoms with Crippen LogP contribution in [-0.2, 0) is 0 Å². The lowest BCUT2D eigenvalue weighted by Gasteiger charge is -2.28. The molecule has 2 heterocycles. The molecule has 4 N–H and O–H groups in total. The molecule has 0 radical (unpaired) electrons. The zero-order valence-corrected chi connectivity index (χ0v) is 11.5. The third-order valence-electron chi connectivity index (χ3n) is 3.42. The number of hydrogen-bond acceptors (Lipinski definition) is 6. The lowest BCUT2D eigenvalue weighted by atomic mass is 10.2. The Morgan fingerprint density at radius 2 is 1.64 bits per heavy atom. The molecule has 110 valence electrons. The van der Waals surface area contributed by atoms with Crippen LogP contribution in [0.4, 0.5) is 10.1 Å². The molecule has 2 aromatic rings. The molecule has 2 aromatic carbocycles. The molecule has 6 nitrogen and oxygen atoms in total. The first-order chi connectivity index (χ1) is 10.7. The highest BCUT2D eigenvalue weighted by atomic mass is 19.1. The highest BCUT2D eigenvalue weighted by Gasteiger charge is 2.34. The SMILES string of the molecule is NC1=C2N=C(c3ccc(F)cc3)NN2N(c2ccccc2)N1. The molecule has 0 bridgehead atoms. The molecule has 0 amide bonds. The van der Waals surface area contributed by atoms with Gasteiger partial charge >= 0.3 is 0 Å². The van der Waals surface area contributed by atoms with Gasteiger partial charge in [0.25, 0.3) is 0 Å². The minimum Gasteiger partial charge on any atom is -0.381 e. The molecule has 2 aliphatic heterocycles. The predicted molar refractivity (Wildman–Crippen MR) is 81.2 cm³/mol. The fraction of sp³-hybridized carbons (Fsp3) is 0. The van der Waals surface area contributed by atoms with Gasteiger partial charge in [0.2, 0.25) is 5.82 Å². The van der Waals surface area contributed by atoms with E-state index in [0.717, 1.165) is 11.3 Å². The maximum absolute atomic E-state index is 13.0. The summed E-state index contributed by atoms with van der Waals surface area (Å²) >= 11 is 0. The number of nitrogens with two attached hydrogens (primary N) is 1. The largest absolute Gasteiger partial charge is 0.381 e. The van der Waals surface area contributed by atoms with E-state index in [-0.39, 0.29) is 5.82 Å². The minimum atomic E-state index is -0.283. The number of aliphatic imine (C=N–C) groups is 1. The van der Waals surface area contributed by atoms with Crippen LogP contribution in [0.3, 0.4) is 0 Å². The summed E-state index contributed by atoms with van der Waals surface area (Å²) in [7, 11) is 0. The zero-order chi connectivity index (χ0) is 15.1. The smallest absolute Gasteiger partial charge is 0.216 e. The molecule has 0 spiro atoms. The average Bonchev–Trinajstić information content (AvgIpc) is 3.10. The number of rotatable bonds is 2. The van der Waals surface area contributed by atoms with Crippen molar-refractivity contribution in [3.05, 3.63) is 77.6 Å². The minimum absolute atomic E-state index is 0.283. The number of halogens is 1. The second-order valence-corrected chi connectivity index (χ2v) is 4.89. The Morgan fingerprint density at radius 3 is 2.36 bits per heavy atom. The van der Waals surface area contributed by atoms with E-state index in [2.05, 4.69) is 15.8 Å². The molecule has 0 saturated carbocycles. The van der Waals surface area contributed by atoms with Crippen LogP contribution in [-0.4, -0.2) is 11.0 Å². The number of nitrogens with zero attached hydrogens (tertiary/aromatic N) is 3. The van der Waals surface area contributed by atoms with E-state index in [1.165, 1.54) is 12.1 Å². The van der Waals surface area contributed by atoms with Crippen LogP contribution in [0.2, 0.25) is 0 Å². The Morgan fingerprint density at radius 1 is 0.909 bits per heavy atom. The molecule has 0 aliphatic carbocycles. The predicted octanol–water partition coefficient (Wildman–Crippen LogP) is 1.42. The van der Waals surface area contributed by atoms with Crippen LogP contribution in [0.5, 0.6) is 0 Å². The first-order valence-corrected chi connectivity index (χ1v) is 6.75. The summed E-state index contributed by atoms with van der Waals surface area (Å²) < 4.78 is 13.0. The molecule has 7 heteroatoms. The van der Waals surface area contributed by atoms with E-state index in [0.29, 0.717) is 17.5 Å². The first kappa shape index (κ1) is 12.5. The second-order valence-electron chi connectivity index (χ2n) is 4.89. The topological polar surface area (TPSA) is 68.9 Å². The Balaban J connectivity index is 1.65. The zero-order valence-electron chi connectivity index (χ0n) is 11.5. The van der Waals surface area contributed by atoms with Crippen molar-refractivity contribution in [2.45, 2.75) is 0 Å². The summed E-state index contributed by atoms with van der Waals surface area (Å²) in [6, 6.07) is 15.8. The number of hydrazine groups is 3. The van der Waals surface area contributed by atoms with Crippen molar-refractivity contribution in [3.8, 4) is 0 Å². The number of benzene rings is 2. The van der Waals surface area contributed by atoms with Crippen molar-refractivity contribution in [1.29, 1.82) is 0 Å². The summed E-state index contributed by atoms with van der Waals surface area (Å²) in [6.07, 6.45) is 0. The molecule has 22 heavy (non-hydrogen) atoms. The number of hydrogen-bond donors (Lipinski definition) is 3. The lowest BCUT2D eigenvalue weighted by molar-refractivity contribution is 0.298. The van der Waals surface area contributed by atoms with Gasteiger partial charge in [-0.3, -0.25) is 10.9 Å². The van der Waals surface area contributed by atoms with Crippen molar-refractivity contribution >= 4 is 11.5 Å². The normalized spacial score (nSPS) is 16.3. The fourth-order valence-corrected chi connectivity index (χ4v) is 2.35. The van der Waals surface area contributed by atoms with Gasteiger partial charge in [-0.1, -0.05) is 18.2 Å². The van der Waals surface area contributed by atoms with Crippen LogP contribution >= 0.6 is 0 Å². The van der Waals surface area contributed by atoms with Crippen LogP contribution < -0.4 is 21.7 Å². The quantitative estimate of drug-likeness (QED) is 0.782. The Hall–Kier alpha value is -3.22. The van der Waals surface area contributed by atoms with Gasteiger partial charge in [0, 0.05) is 5.56 Å². The molecular weight excluding hydrogens is 283 g/mol. The lowest BCUT2D eigenvalue weighted by Crippen LogP contribution is -2.50. The van der Waals surface area contributed by atoms with Crippen LogP contribution in [0.25, 0.3) is 0 Å². The molecule has 0 fully saturated rings. The van der Waals surface area contributed by atoms with Crippen molar-refractivity contribution < 1.29 is 4.39 Å². The standard InChI is InChI=1S/C15H13FN6/c16-11-8-6-10(7-9-11)14-18-15-13(17)19-21(22(15)20-14)12-4-2-1-3-5-12/h1-9,19H,17H2,(H,18,20). The molecule has 4 rings (SSSR count). The Labute approximate surface area is 126 Å². The number of nitrogens with one attached hydrogen (secondary N) is 2. The van der Waals surface area contributed by atoms with Crippen molar-refractivity contribution in [2.24, 2.45) is 10.7 Å². The maximum atomic E-state index is 13.0. The van der Waals surface area contributed by atoms with Crippen LogP contribution in [0, 0.1) is 5.82 Å². The van der Waals surface area contributed by atoms with Crippen molar-refractivity contribution in [1.82, 2.24) is 16.0 Å². The van der Waals surface area contributed by atoms with Gasteiger partial charge in [-0.2, -0.15) is 10.2 Å². The van der Waals surface area contributed by atoms with E-state index >= 15 is 0 Å². The fourth-order valence-electron chi connectivity index (χ4n) is 2.35. The monoisotopic (exact) mass is 296 g/mol. The van der Waals surface area contributed by atoms with Crippen molar-refractivity contribution in [3.63, 3.8) is 0 Å². The van der Waals surface area contributed by atoms with Gasteiger partial charge in [-0.05, 0) is 36.4 Å². The van der Waals surface area contributed by atoms with Crippen molar-refractivity contribution in [2.75, 3.05) is 5.12 Å². The summed E-state index contributed by atoms with van der Waals surface area (Å²) in [6.45, 7) is 0. The third-order valence-corrected chi connectivity index (χ3v) is 3.42. The highest BCUT2D eigenvalue weighted by Crippen LogP contribution is 2.26. The van der Waals surface area contributed by atoms with E-state index in [1.54, 1.807) is 22.4 Å². The summed E-state index contributed by atoms with van der Waals surface area (Å²) in [5.41, 5.74) is 13.9. The van der Waals surface area contributed by atoms with Crippen LogP contribution in [0.1, 0.15) is 5.56 Å². The summed E-state index contributed by atoms with van der Waals surface area (Å²) in [4.78, 5) is 4.47. The van der Waals surface area contributed by atoms with Gasteiger partial charge in [0.05, 0.1) is 5.69 Å². The molecule has 0 aromatic heterocycles. The second kappa shape index (κ2) is 4.66. The molecule has 0 unspecified atom stereocenters. The number of para-hydroxylation sites is 1. The first-order valence-electron chi connectivity index (χ1n) is 6.75. The number of amidine groups is 1. The van der Waals surface area contributed by atoms with E-state index in [1.807, 2.05) is 30.3 Å². The van der Waals surface area contributed by atoms with Gasteiger partial charge in [-0.25, -0.2) is 9.38 Å². The molecular formula is C15H13FN6. The van der Waals surface area contributed by atoms with E-state index in [9.17, 15) is 4.39 Å². The summed E-state index contributed by atoms with van der Waals surface area (Å²) in [5, 5.41) is 3.47.